The molecule has 0 amide bonds. The zero-order chi connectivity index (χ0) is 20.5. The Kier molecular flexibility index (Phi) is 4.83. The topological polar surface area (TPSA) is 85.0 Å². The molecular weight excluding hydrogens is 390 g/mol. The Labute approximate surface area is 171 Å². The van der Waals surface area contributed by atoms with Gasteiger partial charge in [0, 0.05) is 30.5 Å². The molecule has 0 bridgehead atoms. The van der Waals surface area contributed by atoms with Gasteiger partial charge in [-0.2, -0.15) is 13.9 Å². The first kappa shape index (κ1) is 18.6. The van der Waals surface area contributed by atoms with E-state index in [2.05, 4.69) is 25.7 Å². The van der Waals surface area contributed by atoms with Gasteiger partial charge in [0.25, 0.3) is 0 Å². The molecule has 0 saturated carbocycles. The number of aromatic nitrogens is 6. The maximum atomic E-state index is 12.8. The Morgan fingerprint density at radius 2 is 2.03 bits per heavy atom. The first-order valence-corrected chi connectivity index (χ1v) is 9.78. The predicted octanol–water partition coefficient (Wildman–Crippen LogP) is 3.21. The average Bonchev–Trinajstić information content (AvgIpc) is 3.42. The number of piperidine rings is 1. The van der Waals surface area contributed by atoms with E-state index in [4.69, 9.17) is 4.98 Å². The van der Waals surface area contributed by atoms with Gasteiger partial charge in [-0.15, -0.1) is 0 Å². The summed E-state index contributed by atoms with van der Waals surface area (Å²) in [5, 5.41) is 10.6. The fourth-order valence-electron chi connectivity index (χ4n) is 3.65. The molecule has 4 aromatic rings. The molecule has 154 valence electrons. The highest BCUT2D eigenvalue weighted by atomic mass is 19.3. The zero-order valence-corrected chi connectivity index (χ0v) is 16.0. The number of pyridine rings is 1. The number of alkyl halides is 2. The molecule has 0 radical (unpaired) electrons. The van der Waals surface area contributed by atoms with E-state index >= 15 is 0 Å². The van der Waals surface area contributed by atoms with Crippen molar-refractivity contribution in [2.24, 2.45) is 0 Å². The summed E-state index contributed by atoms with van der Waals surface area (Å²) in [6.07, 6.45) is 10.00. The maximum absolute atomic E-state index is 12.8. The van der Waals surface area contributed by atoms with Crippen LogP contribution in [-0.2, 0) is 0 Å². The van der Waals surface area contributed by atoms with Crippen LogP contribution in [0.15, 0.2) is 49.2 Å². The van der Waals surface area contributed by atoms with E-state index in [1.165, 1.54) is 12.4 Å². The van der Waals surface area contributed by atoms with Gasteiger partial charge in [0.2, 0.25) is 0 Å². The van der Waals surface area contributed by atoms with Gasteiger partial charge in [0.05, 0.1) is 35.7 Å². The molecule has 0 aliphatic carbocycles. The second-order valence-corrected chi connectivity index (χ2v) is 7.23. The van der Waals surface area contributed by atoms with E-state index in [-0.39, 0.29) is 0 Å². The lowest BCUT2D eigenvalue weighted by atomic mass is 10.1. The van der Waals surface area contributed by atoms with Crippen LogP contribution in [0.5, 0.6) is 0 Å². The molecule has 8 nitrogen and oxygen atoms in total. The molecule has 5 rings (SSSR count). The molecule has 10 heteroatoms. The maximum Gasteiger partial charge on any atom is 0.333 e. The predicted molar refractivity (Wildman–Crippen MR) is 108 cm³/mol. The minimum atomic E-state index is -2.69. The molecule has 0 aromatic carbocycles. The van der Waals surface area contributed by atoms with Gasteiger partial charge >= 0.3 is 6.55 Å². The molecule has 5 heterocycles. The van der Waals surface area contributed by atoms with Crippen molar-refractivity contribution >= 4 is 11.5 Å². The van der Waals surface area contributed by atoms with Crippen LogP contribution in [0.3, 0.4) is 0 Å². The van der Waals surface area contributed by atoms with Crippen LogP contribution in [0, 0.1) is 0 Å². The van der Waals surface area contributed by atoms with Gasteiger partial charge < -0.3 is 10.6 Å². The summed E-state index contributed by atoms with van der Waals surface area (Å²) in [6, 6.07) is 6.18. The largest absolute Gasteiger partial charge is 0.366 e. The molecule has 30 heavy (non-hydrogen) atoms. The fraction of sp³-hybridized carbons (Fsp3) is 0.300. The third-order valence-electron chi connectivity index (χ3n) is 5.15. The summed E-state index contributed by atoms with van der Waals surface area (Å²) in [6.45, 7) is -0.715. The van der Waals surface area contributed by atoms with E-state index in [1.54, 1.807) is 18.6 Å². The molecule has 1 atom stereocenters. The Hall–Kier alpha value is -3.40. The molecule has 4 aromatic heterocycles. The molecular formula is C20H20F2N8. The highest BCUT2D eigenvalue weighted by molar-refractivity contribution is 5.64. The molecule has 1 unspecified atom stereocenters. The summed E-state index contributed by atoms with van der Waals surface area (Å²) < 4.78 is 28.1. The highest BCUT2D eigenvalue weighted by Gasteiger charge is 2.15. The molecule has 1 aliphatic heterocycles. The molecule has 1 aliphatic rings. The zero-order valence-electron chi connectivity index (χ0n) is 16.0. The Morgan fingerprint density at radius 3 is 2.83 bits per heavy atom. The average molecular weight is 410 g/mol. The van der Waals surface area contributed by atoms with Crippen molar-refractivity contribution in [3.63, 3.8) is 0 Å². The standard InChI is InChI=1S/C20H20F2N8/c21-20(22)30-11-13(7-26-30)16-12-29-17(9-25-19(29)10-24-16)15-4-1-5-18(28-15)27-14-3-2-6-23-8-14/h1,4-5,7,9-12,14,20,23H,2-3,6,8H2,(H,27,28). The first-order chi connectivity index (χ1) is 14.7. The summed E-state index contributed by atoms with van der Waals surface area (Å²) in [5.74, 6) is 0.809. The lowest BCUT2D eigenvalue weighted by molar-refractivity contribution is 0.0566. The van der Waals surface area contributed by atoms with E-state index < -0.39 is 6.55 Å². The van der Waals surface area contributed by atoms with Gasteiger partial charge in [-0.05, 0) is 31.5 Å². The molecule has 0 spiro atoms. The number of imidazole rings is 1. The third kappa shape index (κ3) is 3.61. The smallest absolute Gasteiger partial charge is 0.333 e. The van der Waals surface area contributed by atoms with Crippen molar-refractivity contribution in [1.29, 1.82) is 0 Å². The van der Waals surface area contributed by atoms with Gasteiger partial charge in [0.1, 0.15) is 5.82 Å². The quantitative estimate of drug-likeness (QED) is 0.526. The van der Waals surface area contributed by atoms with Crippen molar-refractivity contribution in [3.05, 3.63) is 49.2 Å². The molecule has 1 fully saturated rings. The van der Waals surface area contributed by atoms with E-state index in [0.29, 0.717) is 27.6 Å². The number of hydrogen-bond acceptors (Lipinski definition) is 6. The van der Waals surface area contributed by atoms with E-state index in [1.807, 2.05) is 22.6 Å². The Bertz CT molecular complexity index is 1160. The van der Waals surface area contributed by atoms with Gasteiger partial charge in [0.15, 0.2) is 5.65 Å². The lowest BCUT2D eigenvalue weighted by Gasteiger charge is -2.24. The minimum absolute atomic E-state index is 0.353. The second-order valence-electron chi connectivity index (χ2n) is 7.23. The van der Waals surface area contributed by atoms with Gasteiger partial charge in [-0.1, -0.05) is 6.07 Å². The van der Waals surface area contributed by atoms with Gasteiger partial charge in [-0.3, -0.25) is 9.38 Å². The van der Waals surface area contributed by atoms with E-state index in [9.17, 15) is 8.78 Å². The SMILES string of the molecule is FC(F)n1cc(-c2cn3c(-c4cccc(NC5CCCNC5)n4)cnc3cn2)cn1. The second kappa shape index (κ2) is 7.79. The number of rotatable bonds is 5. The fourth-order valence-corrected chi connectivity index (χ4v) is 3.65. The van der Waals surface area contributed by atoms with Crippen LogP contribution in [0.4, 0.5) is 14.6 Å². The number of nitrogens with one attached hydrogen (secondary N) is 2. The summed E-state index contributed by atoms with van der Waals surface area (Å²) in [7, 11) is 0. The van der Waals surface area contributed by atoms with Crippen LogP contribution >= 0.6 is 0 Å². The number of fused-ring (bicyclic) bond motifs is 1. The number of anilines is 1. The Morgan fingerprint density at radius 1 is 1.10 bits per heavy atom. The van der Waals surface area contributed by atoms with Crippen LogP contribution in [0.1, 0.15) is 19.4 Å². The normalized spacial score (nSPS) is 17.0. The van der Waals surface area contributed by atoms with Crippen molar-refractivity contribution in [3.8, 4) is 22.6 Å². The summed E-state index contributed by atoms with van der Waals surface area (Å²) in [4.78, 5) is 13.5. The van der Waals surface area contributed by atoms with Crippen molar-refractivity contribution < 1.29 is 8.78 Å². The van der Waals surface area contributed by atoms with Crippen LogP contribution in [-0.4, -0.2) is 48.3 Å². The van der Waals surface area contributed by atoms with Crippen molar-refractivity contribution in [2.75, 3.05) is 18.4 Å². The van der Waals surface area contributed by atoms with Crippen molar-refractivity contribution in [2.45, 2.75) is 25.4 Å². The highest BCUT2D eigenvalue weighted by Crippen LogP contribution is 2.24. The van der Waals surface area contributed by atoms with Gasteiger partial charge in [-0.25, -0.2) is 14.6 Å². The number of nitrogens with zero attached hydrogens (tertiary/aromatic N) is 6. The first-order valence-electron chi connectivity index (χ1n) is 9.78. The lowest BCUT2D eigenvalue weighted by Crippen LogP contribution is -2.38. The Balaban J connectivity index is 1.47. The molecule has 2 N–H and O–H groups in total. The van der Waals surface area contributed by atoms with Crippen LogP contribution in [0.2, 0.25) is 0 Å². The number of halogens is 2. The minimum Gasteiger partial charge on any atom is -0.366 e. The molecule has 1 saturated heterocycles. The third-order valence-corrected chi connectivity index (χ3v) is 5.15. The van der Waals surface area contributed by atoms with Crippen molar-refractivity contribution in [1.82, 2.24) is 34.4 Å². The van der Waals surface area contributed by atoms with Crippen LogP contribution < -0.4 is 10.6 Å². The van der Waals surface area contributed by atoms with E-state index in [0.717, 1.165) is 43.1 Å². The summed E-state index contributed by atoms with van der Waals surface area (Å²) >= 11 is 0. The summed E-state index contributed by atoms with van der Waals surface area (Å²) in [5.41, 5.74) is 3.23. The van der Waals surface area contributed by atoms with Crippen LogP contribution in [0.25, 0.3) is 28.3 Å². The number of hydrogen-bond donors (Lipinski definition) is 2. The monoisotopic (exact) mass is 410 g/mol.